The molecule has 1 aromatic carbocycles. The lowest BCUT2D eigenvalue weighted by molar-refractivity contribution is 0.0125. The predicted octanol–water partition coefficient (Wildman–Crippen LogP) is 3.40. The van der Waals surface area contributed by atoms with Crippen molar-refractivity contribution in [2.24, 2.45) is 5.73 Å². The van der Waals surface area contributed by atoms with Gasteiger partial charge in [-0.25, -0.2) is 9.59 Å². The first kappa shape index (κ1) is 29.7. The minimum Gasteiger partial charge on any atom is -0.446 e. The van der Waals surface area contributed by atoms with E-state index >= 15 is 0 Å². The van der Waals surface area contributed by atoms with Crippen LogP contribution in [0, 0.1) is 0 Å². The smallest absolute Gasteiger partial charge is 0.407 e. The highest BCUT2D eigenvalue weighted by Gasteiger charge is 2.26. The summed E-state index contributed by atoms with van der Waals surface area (Å²) in [5, 5.41) is 13.4. The van der Waals surface area contributed by atoms with Gasteiger partial charge < -0.3 is 35.4 Å². The number of β-amino-alcohol motifs (C(OH)–C–C–N with tert-alkyl or cyclic N) is 1. The molecule has 9 nitrogen and oxygen atoms in total. The van der Waals surface area contributed by atoms with Crippen LogP contribution in [-0.2, 0) is 9.47 Å². The summed E-state index contributed by atoms with van der Waals surface area (Å²) in [6, 6.07) is 10.2. The van der Waals surface area contributed by atoms with Gasteiger partial charge in [0.2, 0.25) is 0 Å². The van der Waals surface area contributed by atoms with Crippen LogP contribution in [0.15, 0.2) is 54.6 Å². The van der Waals surface area contributed by atoms with Crippen LogP contribution in [0.2, 0.25) is 0 Å². The molecular weight excluding hydrogens is 484 g/mol. The number of rotatable bonds is 11. The Morgan fingerprint density at radius 3 is 2.03 bits per heavy atom. The first-order valence-electron chi connectivity index (χ1n) is 13.7. The van der Waals surface area contributed by atoms with Gasteiger partial charge in [0.15, 0.2) is 0 Å². The number of benzene rings is 1. The van der Waals surface area contributed by atoms with E-state index in [9.17, 15) is 14.7 Å². The van der Waals surface area contributed by atoms with Gasteiger partial charge in [-0.05, 0) is 44.1 Å². The number of aliphatic hydroxyl groups is 1. The van der Waals surface area contributed by atoms with Gasteiger partial charge in [-0.15, -0.1) is 0 Å². The van der Waals surface area contributed by atoms with Gasteiger partial charge in [-0.1, -0.05) is 61.6 Å². The van der Waals surface area contributed by atoms with Crippen molar-refractivity contribution in [3.8, 4) is 0 Å². The molecule has 2 fully saturated rings. The second kappa shape index (κ2) is 15.5. The molecule has 3 rings (SSSR count). The van der Waals surface area contributed by atoms with Crippen LogP contribution in [0.25, 0.3) is 0 Å². The molecule has 0 spiro atoms. The highest BCUT2D eigenvalue weighted by atomic mass is 16.6. The van der Waals surface area contributed by atoms with Crippen molar-refractivity contribution in [2.75, 3.05) is 39.3 Å². The van der Waals surface area contributed by atoms with Gasteiger partial charge in [0.1, 0.15) is 12.2 Å². The van der Waals surface area contributed by atoms with Gasteiger partial charge in [0.25, 0.3) is 0 Å². The summed E-state index contributed by atoms with van der Waals surface area (Å²) in [5.74, 6) is 0.322. The van der Waals surface area contributed by atoms with Crippen LogP contribution in [0.5, 0.6) is 0 Å². The number of alkyl carbamates (subject to hydrolysis) is 1. The van der Waals surface area contributed by atoms with Crippen LogP contribution >= 0.6 is 0 Å². The summed E-state index contributed by atoms with van der Waals surface area (Å²) in [6.45, 7) is 8.37. The summed E-state index contributed by atoms with van der Waals surface area (Å²) in [6.07, 6.45) is 9.18. The summed E-state index contributed by atoms with van der Waals surface area (Å²) in [7, 11) is 0. The second-order valence-electron chi connectivity index (χ2n) is 10.4. The molecule has 0 aliphatic carbocycles. The number of hydrogen-bond donors (Lipinski definition) is 3. The maximum absolute atomic E-state index is 12.3. The Morgan fingerprint density at radius 1 is 0.947 bits per heavy atom. The number of nitrogens with one attached hydrogen (secondary N) is 1. The zero-order valence-electron chi connectivity index (χ0n) is 22.7. The molecule has 2 amide bonds. The Balaban J connectivity index is 1.27. The average molecular weight is 529 g/mol. The van der Waals surface area contributed by atoms with Crippen molar-refractivity contribution in [3.05, 3.63) is 60.2 Å². The number of allylic oxidation sites excluding steroid dienone is 3. The minimum absolute atomic E-state index is 0.115. The molecule has 1 aromatic rings. The predicted molar refractivity (Wildman–Crippen MR) is 148 cm³/mol. The van der Waals surface area contributed by atoms with Crippen LogP contribution in [0.3, 0.4) is 0 Å². The number of hydrogen-bond acceptors (Lipinski definition) is 7. The summed E-state index contributed by atoms with van der Waals surface area (Å²) >= 11 is 0. The second-order valence-corrected chi connectivity index (χ2v) is 10.4. The number of carbonyl (C=O) groups excluding carboxylic acids is 2. The molecule has 2 aliphatic rings. The fraction of sp³-hybridized carbons (Fsp3) is 0.586. The molecule has 9 heteroatoms. The highest BCUT2D eigenvalue weighted by molar-refractivity contribution is 5.68. The van der Waals surface area contributed by atoms with E-state index in [1.165, 1.54) is 5.56 Å². The van der Waals surface area contributed by atoms with E-state index in [4.69, 9.17) is 15.2 Å². The number of carbonyl (C=O) groups is 2. The zero-order chi connectivity index (χ0) is 27.3. The van der Waals surface area contributed by atoms with Crippen molar-refractivity contribution in [2.45, 2.75) is 69.8 Å². The van der Waals surface area contributed by atoms with Gasteiger partial charge in [-0.2, -0.15) is 0 Å². The molecule has 3 unspecified atom stereocenters. The van der Waals surface area contributed by atoms with E-state index in [0.29, 0.717) is 19.0 Å². The molecule has 0 saturated carbocycles. The number of ether oxygens (including phenoxy) is 2. The lowest BCUT2D eigenvalue weighted by atomic mass is 10.0. The van der Waals surface area contributed by atoms with Crippen molar-refractivity contribution >= 4 is 12.2 Å². The summed E-state index contributed by atoms with van der Waals surface area (Å²) in [4.78, 5) is 27.6. The largest absolute Gasteiger partial charge is 0.446 e. The number of nitrogens with two attached hydrogens (primary N) is 1. The van der Waals surface area contributed by atoms with Crippen LogP contribution in [0.4, 0.5) is 9.59 Å². The van der Waals surface area contributed by atoms with Crippen LogP contribution in [0.1, 0.15) is 51.0 Å². The van der Waals surface area contributed by atoms with Gasteiger partial charge >= 0.3 is 12.2 Å². The molecule has 4 N–H and O–H groups in total. The standard InChI is InChI=1S/C29H44N4O5/c1-22(24-10-4-3-5-11-24)8-6-7-9-23(2)31-29(36)38-27-14-18-33(19-15-27)21-25(34)20-32-16-12-26(13-17-32)37-28(30)35/h3-11,22-23,25-27,34H,12-21H2,1-2H3,(H2,30,35)(H,31,36)/b8-6-,9-7-. The topological polar surface area (TPSA) is 117 Å². The SMILES string of the molecule is CC(/C=C\C=C/C(C)c1ccccc1)NC(=O)OC1CCN(CC(O)CN2CCC(OC(N)=O)CC2)CC1. The Bertz CT molecular complexity index is 909. The molecule has 2 saturated heterocycles. The van der Waals surface area contributed by atoms with Gasteiger partial charge in [0.05, 0.1) is 6.10 Å². The third-order valence-electron chi connectivity index (χ3n) is 7.15. The molecule has 210 valence electrons. The quantitative estimate of drug-likeness (QED) is 0.377. The van der Waals surface area contributed by atoms with E-state index in [2.05, 4.69) is 40.2 Å². The van der Waals surface area contributed by atoms with Crippen molar-refractivity contribution in [1.29, 1.82) is 0 Å². The van der Waals surface area contributed by atoms with Crippen molar-refractivity contribution in [3.63, 3.8) is 0 Å². The van der Waals surface area contributed by atoms with Gasteiger partial charge in [0, 0.05) is 45.3 Å². The normalized spacial score (nSPS) is 20.8. The van der Waals surface area contributed by atoms with E-state index < -0.39 is 18.3 Å². The number of primary amides is 1. The maximum Gasteiger partial charge on any atom is 0.407 e. The monoisotopic (exact) mass is 528 g/mol. The Hall–Kier alpha value is -2.88. The third-order valence-corrected chi connectivity index (χ3v) is 7.15. The first-order chi connectivity index (χ1) is 18.3. The van der Waals surface area contributed by atoms with Crippen LogP contribution < -0.4 is 11.1 Å². The van der Waals surface area contributed by atoms with E-state index in [1.54, 1.807) is 0 Å². The Labute approximate surface area is 226 Å². The average Bonchev–Trinajstić information content (AvgIpc) is 2.89. The first-order valence-corrected chi connectivity index (χ1v) is 13.7. The fourth-order valence-electron chi connectivity index (χ4n) is 4.99. The third kappa shape index (κ3) is 10.8. The lowest BCUT2D eigenvalue weighted by Gasteiger charge is -2.35. The molecule has 0 aromatic heterocycles. The molecule has 0 bridgehead atoms. The van der Waals surface area contributed by atoms with Crippen molar-refractivity contribution < 1.29 is 24.2 Å². The summed E-state index contributed by atoms with van der Waals surface area (Å²) in [5.41, 5.74) is 6.36. The molecule has 2 heterocycles. The Morgan fingerprint density at radius 2 is 1.47 bits per heavy atom. The molecule has 3 atom stereocenters. The van der Waals surface area contributed by atoms with E-state index in [-0.39, 0.29) is 18.2 Å². The number of aliphatic hydroxyl groups excluding tert-OH is 1. The molecule has 0 radical (unpaired) electrons. The van der Waals surface area contributed by atoms with E-state index in [1.807, 2.05) is 43.4 Å². The van der Waals surface area contributed by atoms with Crippen molar-refractivity contribution in [1.82, 2.24) is 15.1 Å². The summed E-state index contributed by atoms with van der Waals surface area (Å²) < 4.78 is 10.7. The van der Waals surface area contributed by atoms with Crippen LogP contribution in [-0.4, -0.2) is 90.7 Å². The maximum atomic E-state index is 12.3. The van der Waals surface area contributed by atoms with Gasteiger partial charge in [-0.3, -0.25) is 0 Å². The Kier molecular flexibility index (Phi) is 12.1. The molecule has 2 aliphatic heterocycles. The number of piperidine rings is 2. The zero-order valence-corrected chi connectivity index (χ0v) is 22.7. The number of amides is 2. The number of likely N-dealkylation sites (tertiary alicyclic amines) is 2. The fourth-order valence-corrected chi connectivity index (χ4v) is 4.99. The lowest BCUT2D eigenvalue weighted by Crippen LogP contribution is -2.47. The molecule has 38 heavy (non-hydrogen) atoms. The van der Waals surface area contributed by atoms with E-state index in [0.717, 1.165) is 51.9 Å². The number of nitrogens with zero attached hydrogens (tertiary/aromatic N) is 2. The minimum atomic E-state index is -0.725. The molecular formula is C29H44N4O5. The highest BCUT2D eigenvalue weighted by Crippen LogP contribution is 2.17.